The van der Waals surface area contributed by atoms with Crippen molar-refractivity contribution in [3.8, 4) is 17.1 Å². The number of nitrogens with zero attached hydrogens (tertiary/aromatic N) is 2. The van der Waals surface area contributed by atoms with Crippen LogP contribution in [0.4, 0.5) is 4.39 Å². The van der Waals surface area contributed by atoms with E-state index in [4.69, 9.17) is 4.74 Å². The van der Waals surface area contributed by atoms with Crippen molar-refractivity contribution < 1.29 is 9.13 Å². The summed E-state index contributed by atoms with van der Waals surface area (Å²) in [5.41, 5.74) is 2.75. The molecular weight excluding hydrogens is 233 g/mol. The van der Waals surface area contributed by atoms with Crippen LogP contribution in [0.25, 0.3) is 22.3 Å². The Kier molecular flexibility index (Phi) is 2.44. The number of aromatic nitrogens is 3. The van der Waals surface area contributed by atoms with Gasteiger partial charge in [0.2, 0.25) is 5.88 Å². The van der Waals surface area contributed by atoms with E-state index < -0.39 is 0 Å². The summed E-state index contributed by atoms with van der Waals surface area (Å²) < 4.78 is 18.3. The Morgan fingerprint density at radius 2 is 2.11 bits per heavy atom. The molecule has 0 aliphatic heterocycles. The summed E-state index contributed by atoms with van der Waals surface area (Å²) in [6, 6.07) is 9.83. The van der Waals surface area contributed by atoms with Crippen LogP contribution in [-0.4, -0.2) is 22.3 Å². The van der Waals surface area contributed by atoms with Gasteiger partial charge in [0, 0.05) is 11.6 Å². The molecule has 5 heteroatoms. The van der Waals surface area contributed by atoms with Crippen LogP contribution < -0.4 is 4.74 Å². The van der Waals surface area contributed by atoms with Gasteiger partial charge in [-0.05, 0) is 18.2 Å². The molecule has 0 aliphatic carbocycles. The van der Waals surface area contributed by atoms with Gasteiger partial charge >= 0.3 is 0 Å². The minimum atomic E-state index is -0.299. The van der Waals surface area contributed by atoms with Crippen LogP contribution in [0.1, 0.15) is 0 Å². The Balaban J connectivity index is 2.22. The first-order valence-electron chi connectivity index (χ1n) is 5.43. The predicted molar refractivity (Wildman–Crippen MR) is 65.8 cm³/mol. The van der Waals surface area contributed by atoms with Crippen LogP contribution in [0.3, 0.4) is 0 Å². The van der Waals surface area contributed by atoms with Gasteiger partial charge in [0.05, 0.1) is 12.6 Å². The van der Waals surface area contributed by atoms with Crippen molar-refractivity contribution in [3.05, 3.63) is 42.2 Å². The highest BCUT2D eigenvalue weighted by Crippen LogP contribution is 2.26. The number of benzene rings is 1. The van der Waals surface area contributed by atoms with E-state index in [1.54, 1.807) is 25.3 Å². The number of rotatable bonds is 2. The summed E-state index contributed by atoms with van der Waals surface area (Å²) in [7, 11) is 1.55. The fraction of sp³-hybridized carbons (Fsp3) is 0.0769. The number of hydrogen-bond donors (Lipinski definition) is 1. The summed E-state index contributed by atoms with van der Waals surface area (Å²) in [6.45, 7) is 0. The average Bonchev–Trinajstić information content (AvgIpc) is 2.81. The third kappa shape index (κ3) is 1.69. The molecular formula is C13H10FN3O. The second-order valence-corrected chi connectivity index (χ2v) is 3.83. The monoisotopic (exact) mass is 243 g/mol. The number of hydrogen-bond acceptors (Lipinski definition) is 3. The van der Waals surface area contributed by atoms with Gasteiger partial charge in [-0.3, -0.25) is 5.10 Å². The molecule has 0 amide bonds. The molecule has 90 valence electrons. The zero-order valence-corrected chi connectivity index (χ0v) is 9.64. The molecule has 0 aliphatic rings. The first kappa shape index (κ1) is 10.7. The van der Waals surface area contributed by atoms with Gasteiger partial charge in [-0.15, -0.1) is 0 Å². The molecule has 0 fully saturated rings. The van der Waals surface area contributed by atoms with Gasteiger partial charge in [0.1, 0.15) is 17.0 Å². The number of nitrogens with one attached hydrogen (secondary N) is 1. The zero-order valence-electron chi connectivity index (χ0n) is 9.64. The minimum Gasteiger partial charge on any atom is -0.481 e. The lowest BCUT2D eigenvalue weighted by Crippen LogP contribution is -1.87. The maximum absolute atomic E-state index is 13.2. The second-order valence-electron chi connectivity index (χ2n) is 3.83. The highest BCUT2D eigenvalue weighted by Gasteiger charge is 2.11. The van der Waals surface area contributed by atoms with Crippen LogP contribution in [0.15, 0.2) is 36.4 Å². The van der Waals surface area contributed by atoms with Gasteiger partial charge in [0.15, 0.2) is 0 Å². The Labute approximate surface area is 102 Å². The summed E-state index contributed by atoms with van der Waals surface area (Å²) >= 11 is 0. The summed E-state index contributed by atoms with van der Waals surface area (Å²) in [4.78, 5) is 4.32. The second kappa shape index (κ2) is 4.10. The molecule has 1 aromatic carbocycles. The van der Waals surface area contributed by atoms with Crippen LogP contribution in [0.5, 0.6) is 5.88 Å². The number of pyridine rings is 1. The number of halogens is 1. The van der Waals surface area contributed by atoms with E-state index in [-0.39, 0.29) is 5.82 Å². The number of methoxy groups -OCH3 is 1. The molecule has 3 rings (SSSR count). The topological polar surface area (TPSA) is 50.8 Å². The lowest BCUT2D eigenvalue weighted by molar-refractivity contribution is 0.399. The Morgan fingerprint density at radius 1 is 1.22 bits per heavy atom. The highest BCUT2D eigenvalue weighted by molar-refractivity contribution is 5.89. The van der Waals surface area contributed by atoms with Gasteiger partial charge in [-0.2, -0.15) is 5.10 Å². The molecule has 4 nitrogen and oxygen atoms in total. The Morgan fingerprint density at radius 3 is 2.89 bits per heavy atom. The SMILES string of the molecule is COc1ccc2[nH]nc(-c3cccc(F)c3)c2n1. The molecule has 0 radical (unpaired) electrons. The molecule has 2 heterocycles. The summed E-state index contributed by atoms with van der Waals surface area (Å²) in [5, 5.41) is 7.04. The molecule has 0 saturated carbocycles. The van der Waals surface area contributed by atoms with Crippen molar-refractivity contribution in [1.29, 1.82) is 0 Å². The van der Waals surface area contributed by atoms with E-state index in [0.29, 0.717) is 22.7 Å². The van der Waals surface area contributed by atoms with Gasteiger partial charge in [-0.25, -0.2) is 9.37 Å². The van der Waals surface area contributed by atoms with Crippen molar-refractivity contribution in [3.63, 3.8) is 0 Å². The number of fused-ring (bicyclic) bond motifs is 1. The number of ether oxygens (including phenoxy) is 1. The van der Waals surface area contributed by atoms with E-state index in [2.05, 4.69) is 15.2 Å². The Hall–Kier alpha value is -2.43. The van der Waals surface area contributed by atoms with Crippen LogP contribution in [0.2, 0.25) is 0 Å². The van der Waals surface area contributed by atoms with Crippen molar-refractivity contribution in [2.45, 2.75) is 0 Å². The molecule has 0 bridgehead atoms. The lowest BCUT2D eigenvalue weighted by Gasteiger charge is -2.00. The number of aromatic amines is 1. The van der Waals surface area contributed by atoms with E-state index in [0.717, 1.165) is 5.52 Å². The molecule has 0 atom stereocenters. The van der Waals surface area contributed by atoms with Crippen molar-refractivity contribution in [1.82, 2.24) is 15.2 Å². The van der Waals surface area contributed by atoms with Crippen molar-refractivity contribution in [2.75, 3.05) is 7.11 Å². The van der Waals surface area contributed by atoms with E-state index >= 15 is 0 Å². The average molecular weight is 243 g/mol. The van der Waals surface area contributed by atoms with Gasteiger partial charge in [-0.1, -0.05) is 12.1 Å². The van der Waals surface area contributed by atoms with Crippen LogP contribution >= 0.6 is 0 Å². The lowest BCUT2D eigenvalue weighted by atomic mass is 10.1. The predicted octanol–water partition coefficient (Wildman–Crippen LogP) is 2.77. The third-order valence-electron chi connectivity index (χ3n) is 2.69. The maximum Gasteiger partial charge on any atom is 0.213 e. The minimum absolute atomic E-state index is 0.299. The van der Waals surface area contributed by atoms with Crippen LogP contribution in [0, 0.1) is 5.82 Å². The molecule has 3 aromatic rings. The molecule has 18 heavy (non-hydrogen) atoms. The van der Waals surface area contributed by atoms with Crippen molar-refractivity contribution in [2.24, 2.45) is 0 Å². The van der Waals surface area contributed by atoms with Crippen molar-refractivity contribution >= 4 is 11.0 Å². The highest BCUT2D eigenvalue weighted by atomic mass is 19.1. The van der Waals surface area contributed by atoms with E-state index in [1.807, 2.05) is 6.07 Å². The third-order valence-corrected chi connectivity index (χ3v) is 2.69. The maximum atomic E-state index is 13.2. The zero-order chi connectivity index (χ0) is 12.5. The van der Waals surface area contributed by atoms with E-state index in [1.165, 1.54) is 12.1 Å². The summed E-state index contributed by atoms with van der Waals surface area (Å²) in [5.74, 6) is 0.202. The largest absolute Gasteiger partial charge is 0.481 e. The normalized spacial score (nSPS) is 10.8. The molecule has 0 spiro atoms. The van der Waals surface area contributed by atoms with Gasteiger partial charge in [0.25, 0.3) is 0 Å². The van der Waals surface area contributed by atoms with Gasteiger partial charge < -0.3 is 4.74 Å². The summed E-state index contributed by atoms with van der Waals surface area (Å²) in [6.07, 6.45) is 0. The molecule has 2 aromatic heterocycles. The van der Waals surface area contributed by atoms with E-state index in [9.17, 15) is 4.39 Å². The number of H-pyrrole nitrogens is 1. The Bertz CT molecular complexity index is 708. The molecule has 0 saturated heterocycles. The smallest absolute Gasteiger partial charge is 0.213 e. The first-order chi connectivity index (χ1) is 8.78. The fourth-order valence-corrected chi connectivity index (χ4v) is 1.83. The fourth-order valence-electron chi connectivity index (χ4n) is 1.83. The van der Waals surface area contributed by atoms with Crippen LogP contribution in [-0.2, 0) is 0 Å². The standard InChI is InChI=1S/C13H10FN3O/c1-18-11-6-5-10-13(15-11)12(17-16-10)8-3-2-4-9(14)7-8/h2-7H,1H3,(H,16,17). The molecule has 0 unspecified atom stereocenters. The first-order valence-corrected chi connectivity index (χ1v) is 5.43. The quantitative estimate of drug-likeness (QED) is 0.753. The molecule has 1 N–H and O–H groups in total.